The van der Waals surface area contributed by atoms with Gasteiger partial charge in [0.25, 0.3) is 0 Å². The second-order valence-electron chi connectivity index (χ2n) is 7.33. The van der Waals surface area contributed by atoms with Gasteiger partial charge in [-0.05, 0) is 41.1 Å². The molecule has 2 aromatic heterocycles. The van der Waals surface area contributed by atoms with Crippen LogP contribution in [-0.2, 0) is 0 Å². The van der Waals surface area contributed by atoms with Crippen LogP contribution in [0.3, 0.4) is 0 Å². The largest absolute Gasteiger partial charge is 0.399 e. The van der Waals surface area contributed by atoms with E-state index in [0.29, 0.717) is 0 Å². The molecule has 4 nitrogen and oxygen atoms in total. The summed E-state index contributed by atoms with van der Waals surface area (Å²) in [6.45, 7) is 0. The number of nitrogens with one attached hydrogen (secondary N) is 2. The standard InChI is InChI=1S/C24H18N4/c25-14-5-7-17-19(12-27-20(17)10-14)23-16-4-2-1-3-13(16)9-22-24(23)18-8-6-15(26)11-21(18)28-22/h1-12,27-28H,25-26H2. The number of H-pyrrole nitrogens is 2. The van der Waals surface area contributed by atoms with Crippen molar-refractivity contribution < 1.29 is 0 Å². The Morgan fingerprint density at radius 1 is 0.643 bits per heavy atom. The van der Waals surface area contributed by atoms with Crippen molar-refractivity contribution >= 4 is 54.9 Å². The normalized spacial score (nSPS) is 11.9. The van der Waals surface area contributed by atoms with Crippen molar-refractivity contribution in [1.29, 1.82) is 0 Å². The smallest absolute Gasteiger partial charge is 0.0485 e. The van der Waals surface area contributed by atoms with Crippen molar-refractivity contribution in [3.05, 3.63) is 72.9 Å². The van der Waals surface area contributed by atoms with Crippen LogP contribution < -0.4 is 11.5 Å². The van der Waals surface area contributed by atoms with E-state index in [2.05, 4.69) is 58.6 Å². The number of benzene rings is 4. The average molecular weight is 362 g/mol. The summed E-state index contributed by atoms with van der Waals surface area (Å²) in [5.74, 6) is 0. The van der Waals surface area contributed by atoms with Gasteiger partial charge >= 0.3 is 0 Å². The molecule has 134 valence electrons. The maximum Gasteiger partial charge on any atom is 0.0485 e. The van der Waals surface area contributed by atoms with Crippen LogP contribution in [0.2, 0.25) is 0 Å². The fourth-order valence-electron chi connectivity index (χ4n) is 4.38. The lowest BCUT2D eigenvalue weighted by atomic mass is 9.93. The van der Waals surface area contributed by atoms with E-state index in [9.17, 15) is 0 Å². The van der Waals surface area contributed by atoms with Crippen molar-refractivity contribution in [2.75, 3.05) is 11.5 Å². The quantitative estimate of drug-likeness (QED) is 0.279. The van der Waals surface area contributed by atoms with Gasteiger partial charge in [0, 0.05) is 61.4 Å². The Hall–Kier alpha value is -3.92. The minimum Gasteiger partial charge on any atom is -0.399 e. The Kier molecular flexibility index (Phi) is 2.87. The number of hydrogen-bond acceptors (Lipinski definition) is 2. The van der Waals surface area contributed by atoms with Gasteiger partial charge in [-0.1, -0.05) is 36.4 Å². The molecule has 0 radical (unpaired) electrons. The predicted octanol–water partition coefficient (Wildman–Crippen LogP) is 5.79. The highest BCUT2D eigenvalue weighted by Crippen LogP contribution is 2.43. The Morgan fingerprint density at radius 3 is 2.25 bits per heavy atom. The second-order valence-corrected chi connectivity index (χ2v) is 7.33. The third-order valence-electron chi connectivity index (χ3n) is 5.61. The number of hydrogen-bond donors (Lipinski definition) is 4. The van der Waals surface area contributed by atoms with Gasteiger partial charge in [-0.25, -0.2) is 0 Å². The molecule has 0 aliphatic rings. The number of rotatable bonds is 1. The molecule has 6 N–H and O–H groups in total. The molecule has 0 spiro atoms. The monoisotopic (exact) mass is 362 g/mol. The van der Waals surface area contributed by atoms with E-state index in [-0.39, 0.29) is 0 Å². The zero-order valence-electron chi connectivity index (χ0n) is 15.1. The molecule has 0 bridgehead atoms. The van der Waals surface area contributed by atoms with Crippen LogP contribution in [-0.4, -0.2) is 9.97 Å². The second kappa shape index (κ2) is 5.30. The lowest BCUT2D eigenvalue weighted by Gasteiger charge is -2.09. The topological polar surface area (TPSA) is 83.6 Å². The summed E-state index contributed by atoms with van der Waals surface area (Å²) >= 11 is 0. The van der Waals surface area contributed by atoms with Crippen LogP contribution in [0.4, 0.5) is 11.4 Å². The maximum absolute atomic E-state index is 6.03. The summed E-state index contributed by atoms with van der Waals surface area (Å²) in [7, 11) is 0. The first-order valence-electron chi connectivity index (χ1n) is 9.29. The first-order valence-corrected chi connectivity index (χ1v) is 9.29. The van der Waals surface area contributed by atoms with Gasteiger partial charge in [-0.3, -0.25) is 0 Å². The number of nitrogens with two attached hydrogens (primary N) is 2. The molecule has 4 aromatic carbocycles. The lowest BCUT2D eigenvalue weighted by molar-refractivity contribution is 1.48. The van der Waals surface area contributed by atoms with E-state index in [4.69, 9.17) is 11.5 Å². The van der Waals surface area contributed by atoms with E-state index in [1.807, 2.05) is 24.3 Å². The van der Waals surface area contributed by atoms with Gasteiger partial charge in [0.2, 0.25) is 0 Å². The minimum atomic E-state index is 0.756. The summed E-state index contributed by atoms with van der Waals surface area (Å²) in [5, 5.41) is 5.98. The zero-order valence-corrected chi connectivity index (χ0v) is 15.1. The highest BCUT2D eigenvalue weighted by atomic mass is 14.7. The molecule has 0 saturated carbocycles. The third kappa shape index (κ3) is 2.00. The Morgan fingerprint density at radius 2 is 1.39 bits per heavy atom. The molecule has 0 aliphatic carbocycles. The van der Waals surface area contributed by atoms with Crippen molar-refractivity contribution in [3.8, 4) is 11.1 Å². The molecule has 0 unspecified atom stereocenters. The number of nitrogen functional groups attached to an aromatic ring is 2. The van der Waals surface area contributed by atoms with Crippen LogP contribution in [0.15, 0.2) is 72.9 Å². The van der Waals surface area contributed by atoms with Crippen LogP contribution in [0, 0.1) is 0 Å². The predicted molar refractivity (Wildman–Crippen MR) is 119 cm³/mol. The molecule has 2 heterocycles. The molecule has 6 aromatic rings. The van der Waals surface area contributed by atoms with E-state index in [1.54, 1.807) is 0 Å². The molecule has 6 rings (SSSR count). The molecule has 0 saturated heterocycles. The van der Waals surface area contributed by atoms with Crippen molar-refractivity contribution in [3.63, 3.8) is 0 Å². The average Bonchev–Trinajstić information content (AvgIpc) is 3.26. The van der Waals surface area contributed by atoms with E-state index >= 15 is 0 Å². The first kappa shape index (κ1) is 15.2. The molecular formula is C24H18N4. The molecular weight excluding hydrogens is 344 g/mol. The van der Waals surface area contributed by atoms with E-state index in [1.165, 1.54) is 32.7 Å². The number of anilines is 2. The summed E-state index contributed by atoms with van der Waals surface area (Å²) in [5.41, 5.74) is 19.1. The fraction of sp³-hybridized carbons (Fsp3) is 0. The highest BCUT2D eigenvalue weighted by Gasteiger charge is 2.17. The summed E-state index contributed by atoms with van der Waals surface area (Å²) < 4.78 is 0. The van der Waals surface area contributed by atoms with Gasteiger partial charge in [-0.2, -0.15) is 0 Å². The van der Waals surface area contributed by atoms with Gasteiger partial charge < -0.3 is 21.4 Å². The van der Waals surface area contributed by atoms with Crippen LogP contribution >= 0.6 is 0 Å². The lowest BCUT2D eigenvalue weighted by Crippen LogP contribution is -1.85. The zero-order chi connectivity index (χ0) is 18.8. The third-order valence-corrected chi connectivity index (χ3v) is 5.61. The van der Waals surface area contributed by atoms with E-state index in [0.717, 1.165) is 33.3 Å². The van der Waals surface area contributed by atoms with Gasteiger partial charge in [0.15, 0.2) is 0 Å². The molecule has 28 heavy (non-hydrogen) atoms. The van der Waals surface area contributed by atoms with Gasteiger partial charge in [0.05, 0.1) is 0 Å². The molecule has 0 aliphatic heterocycles. The van der Waals surface area contributed by atoms with Crippen LogP contribution in [0.1, 0.15) is 0 Å². The Labute approximate surface area is 160 Å². The van der Waals surface area contributed by atoms with Crippen molar-refractivity contribution in [2.45, 2.75) is 0 Å². The summed E-state index contributed by atoms with van der Waals surface area (Å²) in [6, 6.07) is 22.8. The first-order chi connectivity index (χ1) is 13.7. The highest BCUT2D eigenvalue weighted by molar-refractivity contribution is 6.24. The van der Waals surface area contributed by atoms with Crippen LogP contribution in [0.5, 0.6) is 0 Å². The number of aromatic amines is 2. The van der Waals surface area contributed by atoms with Crippen LogP contribution in [0.25, 0.3) is 54.6 Å². The molecule has 0 fully saturated rings. The maximum atomic E-state index is 6.03. The van der Waals surface area contributed by atoms with Gasteiger partial charge in [0.1, 0.15) is 0 Å². The SMILES string of the molecule is Nc1ccc2c(-c3c4ccccc4cc4[nH]c5cc(N)ccc5c34)c[nH]c2c1. The molecule has 0 atom stereocenters. The number of aromatic nitrogens is 2. The minimum absolute atomic E-state index is 0.756. The molecule has 0 amide bonds. The Balaban J connectivity index is 1.86. The van der Waals surface area contributed by atoms with Crippen molar-refractivity contribution in [2.24, 2.45) is 0 Å². The molecule has 4 heteroatoms. The van der Waals surface area contributed by atoms with Crippen molar-refractivity contribution in [1.82, 2.24) is 9.97 Å². The number of fused-ring (bicyclic) bond motifs is 5. The Bertz CT molecular complexity index is 1540. The summed E-state index contributed by atoms with van der Waals surface area (Å²) in [4.78, 5) is 6.96. The van der Waals surface area contributed by atoms with Gasteiger partial charge in [-0.15, -0.1) is 0 Å². The summed E-state index contributed by atoms with van der Waals surface area (Å²) in [6.07, 6.45) is 2.08. The fourth-order valence-corrected chi connectivity index (χ4v) is 4.38. The van der Waals surface area contributed by atoms with E-state index < -0.39 is 0 Å².